The van der Waals surface area contributed by atoms with Crippen LogP contribution in [0.5, 0.6) is 5.88 Å². The van der Waals surface area contributed by atoms with Crippen molar-refractivity contribution in [1.82, 2.24) is 15.5 Å². The first-order chi connectivity index (χ1) is 13.0. The van der Waals surface area contributed by atoms with Gasteiger partial charge in [0.05, 0.1) is 29.0 Å². The number of benzene rings is 1. The highest BCUT2D eigenvalue weighted by Gasteiger charge is 2.28. The number of nitrogens with one attached hydrogen (secondary N) is 1. The molecule has 2 N–H and O–H groups in total. The van der Waals surface area contributed by atoms with Crippen LogP contribution in [0.3, 0.4) is 0 Å². The molecule has 0 radical (unpaired) electrons. The Morgan fingerprint density at radius 1 is 1.19 bits per heavy atom. The standard InChI is InChI=1S/C20H24ClN3O3/c1-27-18-9-8-17(23-24-18)14-6-7-16(21)15(12-14)19(25)22-13-20(26)10-4-2-3-5-11-20/h6-9,12,26H,2-5,10-11,13H2,1H3,(H,22,25). The molecule has 27 heavy (non-hydrogen) atoms. The molecule has 7 heteroatoms. The van der Waals surface area contributed by atoms with Crippen LogP contribution in [-0.4, -0.2) is 40.5 Å². The van der Waals surface area contributed by atoms with Gasteiger partial charge in [-0.3, -0.25) is 4.79 Å². The molecule has 0 aliphatic heterocycles. The van der Waals surface area contributed by atoms with Crippen LogP contribution < -0.4 is 10.1 Å². The van der Waals surface area contributed by atoms with E-state index in [-0.39, 0.29) is 12.5 Å². The number of halogens is 1. The summed E-state index contributed by atoms with van der Waals surface area (Å²) in [6.07, 6.45) is 5.66. The van der Waals surface area contributed by atoms with Crippen molar-refractivity contribution in [3.8, 4) is 17.1 Å². The van der Waals surface area contributed by atoms with E-state index >= 15 is 0 Å². The largest absolute Gasteiger partial charge is 0.480 e. The van der Waals surface area contributed by atoms with Gasteiger partial charge >= 0.3 is 0 Å². The topological polar surface area (TPSA) is 84.3 Å². The number of aliphatic hydroxyl groups is 1. The van der Waals surface area contributed by atoms with Crippen molar-refractivity contribution in [1.29, 1.82) is 0 Å². The highest BCUT2D eigenvalue weighted by molar-refractivity contribution is 6.34. The summed E-state index contributed by atoms with van der Waals surface area (Å²) in [6, 6.07) is 8.61. The van der Waals surface area contributed by atoms with Gasteiger partial charge in [-0.25, -0.2) is 0 Å². The molecule has 1 aromatic heterocycles. The Kier molecular flexibility index (Phi) is 6.29. The van der Waals surface area contributed by atoms with Crippen molar-refractivity contribution in [3.05, 3.63) is 40.9 Å². The summed E-state index contributed by atoms with van der Waals surface area (Å²) >= 11 is 6.23. The maximum Gasteiger partial charge on any atom is 0.252 e. The second kappa shape index (κ2) is 8.67. The molecule has 1 aliphatic rings. The van der Waals surface area contributed by atoms with Gasteiger partial charge in [-0.15, -0.1) is 10.2 Å². The van der Waals surface area contributed by atoms with Gasteiger partial charge in [-0.2, -0.15) is 0 Å². The number of methoxy groups -OCH3 is 1. The van der Waals surface area contributed by atoms with Gasteiger partial charge in [0.25, 0.3) is 5.91 Å². The van der Waals surface area contributed by atoms with E-state index in [2.05, 4.69) is 15.5 Å². The lowest BCUT2D eigenvalue weighted by Crippen LogP contribution is -2.42. The minimum Gasteiger partial charge on any atom is -0.480 e. The smallest absolute Gasteiger partial charge is 0.252 e. The molecule has 6 nitrogen and oxygen atoms in total. The quantitative estimate of drug-likeness (QED) is 0.763. The maximum atomic E-state index is 12.7. The Hall–Kier alpha value is -2.18. The molecule has 1 aliphatic carbocycles. The average Bonchev–Trinajstić information content (AvgIpc) is 2.91. The molecule has 1 heterocycles. The fraction of sp³-hybridized carbons (Fsp3) is 0.450. The van der Waals surface area contributed by atoms with E-state index in [1.54, 1.807) is 30.3 Å². The van der Waals surface area contributed by atoms with Crippen molar-refractivity contribution < 1.29 is 14.6 Å². The molecule has 3 rings (SSSR count). The molecule has 1 amide bonds. The number of carbonyl (C=O) groups is 1. The molecule has 144 valence electrons. The third-order valence-corrected chi connectivity index (χ3v) is 5.30. The first-order valence-electron chi connectivity index (χ1n) is 9.19. The minimum absolute atomic E-state index is 0.231. The summed E-state index contributed by atoms with van der Waals surface area (Å²) in [6.45, 7) is 0.231. The molecule has 0 saturated heterocycles. The Morgan fingerprint density at radius 2 is 1.93 bits per heavy atom. The molecule has 1 saturated carbocycles. The van der Waals surface area contributed by atoms with E-state index in [9.17, 15) is 9.90 Å². The first-order valence-corrected chi connectivity index (χ1v) is 9.57. The van der Waals surface area contributed by atoms with Crippen LogP contribution in [0.4, 0.5) is 0 Å². The van der Waals surface area contributed by atoms with Crippen LogP contribution in [0.2, 0.25) is 5.02 Å². The number of amides is 1. The highest BCUT2D eigenvalue weighted by atomic mass is 35.5. The fourth-order valence-electron chi connectivity index (χ4n) is 3.34. The number of hydrogen-bond donors (Lipinski definition) is 2. The van der Waals surface area contributed by atoms with Crippen molar-refractivity contribution in [3.63, 3.8) is 0 Å². The maximum absolute atomic E-state index is 12.7. The SMILES string of the molecule is COc1ccc(-c2ccc(Cl)c(C(=O)NCC3(O)CCCCCC3)c2)nn1. The van der Waals surface area contributed by atoms with Crippen LogP contribution in [-0.2, 0) is 0 Å². The number of aromatic nitrogens is 2. The summed E-state index contributed by atoms with van der Waals surface area (Å²) in [7, 11) is 1.52. The normalized spacial score (nSPS) is 16.4. The number of carbonyl (C=O) groups excluding carboxylic acids is 1. The summed E-state index contributed by atoms with van der Waals surface area (Å²) in [5.74, 6) is 0.114. The lowest BCUT2D eigenvalue weighted by molar-refractivity contribution is 0.0246. The zero-order chi connectivity index (χ0) is 19.3. The van der Waals surface area contributed by atoms with Gasteiger partial charge in [-0.05, 0) is 31.0 Å². The van der Waals surface area contributed by atoms with Crippen LogP contribution in [0.25, 0.3) is 11.3 Å². The summed E-state index contributed by atoms with van der Waals surface area (Å²) in [4.78, 5) is 12.7. The van der Waals surface area contributed by atoms with Gasteiger partial charge in [0, 0.05) is 18.2 Å². The van der Waals surface area contributed by atoms with Crippen LogP contribution in [0, 0.1) is 0 Å². The van der Waals surface area contributed by atoms with Crippen LogP contribution >= 0.6 is 11.6 Å². The predicted octanol–water partition coefficient (Wildman–Crippen LogP) is 3.62. The predicted molar refractivity (Wildman–Crippen MR) is 104 cm³/mol. The fourth-order valence-corrected chi connectivity index (χ4v) is 3.55. The minimum atomic E-state index is -0.836. The zero-order valence-corrected chi connectivity index (χ0v) is 16.1. The van der Waals surface area contributed by atoms with E-state index in [0.717, 1.165) is 31.2 Å². The molecule has 0 atom stereocenters. The molecule has 2 aromatic rings. The summed E-state index contributed by atoms with van der Waals surface area (Å²) in [5.41, 5.74) is 0.860. The molecule has 0 bridgehead atoms. The number of rotatable bonds is 5. The molecule has 0 unspecified atom stereocenters. The third kappa shape index (κ3) is 4.96. The van der Waals surface area contributed by atoms with Crippen LogP contribution in [0.15, 0.2) is 30.3 Å². The molecule has 0 spiro atoms. The monoisotopic (exact) mass is 389 g/mol. The van der Waals surface area contributed by atoms with Crippen molar-refractivity contribution in [2.45, 2.75) is 44.1 Å². The highest BCUT2D eigenvalue weighted by Crippen LogP contribution is 2.27. The van der Waals surface area contributed by atoms with E-state index in [1.807, 2.05) is 0 Å². The number of ether oxygens (including phenoxy) is 1. The van der Waals surface area contributed by atoms with E-state index < -0.39 is 5.60 Å². The Balaban J connectivity index is 1.73. The van der Waals surface area contributed by atoms with Gasteiger partial charge in [0.2, 0.25) is 5.88 Å². The lowest BCUT2D eigenvalue weighted by Gasteiger charge is -2.26. The molecular weight excluding hydrogens is 366 g/mol. The molecular formula is C20H24ClN3O3. The van der Waals surface area contributed by atoms with Crippen molar-refractivity contribution in [2.75, 3.05) is 13.7 Å². The van der Waals surface area contributed by atoms with E-state index in [1.165, 1.54) is 7.11 Å². The average molecular weight is 390 g/mol. The first kappa shape index (κ1) is 19.6. The van der Waals surface area contributed by atoms with E-state index in [0.29, 0.717) is 35.0 Å². The van der Waals surface area contributed by atoms with Gasteiger partial charge in [-0.1, -0.05) is 43.4 Å². The number of nitrogens with zero attached hydrogens (tertiary/aromatic N) is 2. The van der Waals surface area contributed by atoms with Gasteiger partial charge < -0.3 is 15.2 Å². The zero-order valence-electron chi connectivity index (χ0n) is 15.4. The second-order valence-electron chi connectivity index (χ2n) is 6.98. The summed E-state index contributed by atoms with van der Waals surface area (Å²) < 4.78 is 5.01. The Bertz CT molecular complexity index is 788. The van der Waals surface area contributed by atoms with Crippen molar-refractivity contribution in [2.24, 2.45) is 0 Å². The van der Waals surface area contributed by atoms with Gasteiger partial charge in [0.15, 0.2) is 0 Å². The second-order valence-corrected chi connectivity index (χ2v) is 7.38. The van der Waals surface area contributed by atoms with Crippen molar-refractivity contribution >= 4 is 17.5 Å². The number of hydrogen-bond acceptors (Lipinski definition) is 5. The van der Waals surface area contributed by atoms with Crippen LogP contribution in [0.1, 0.15) is 48.9 Å². The summed E-state index contributed by atoms with van der Waals surface area (Å²) in [5, 5.41) is 22.0. The molecule has 1 aromatic carbocycles. The Morgan fingerprint density at radius 3 is 2.56 bits per heavy atom. The van der Waals surface area contributed by atoms with Gasteiger partial charge in [0.1, 0.15) is 0 Å². The molecule has 1 fully saturated rings. The third-order valence-electron chi connectivity index (χ3n) is 4.97. The Labute approximate surface area is 163 Å². The lowest BCUT2D eigenvalue weighted by atomic mass is 9.94. The van der Waals surface area contributed by atoms with E-state index in [4.69, 9.17) is 16.3 Å².